The van der Waals surface area contributed by atoms with Gasteiger partial charge in [-0.05, 0) is 32.0 Å². The average Bonchev–Trinajstić information content (AvgIpc) is 2.86. The first-order valence-electron chi connectivity index (χ1n) is 5.25. The Bertz CT molecular complexity index is 342. The normalized spacial score (nSPS) is 17.1. The van der Waals surface area contributed by atoms with Gasteiger partial charge < -0.3 is 10.0 Å². The molecule has 0 aromatic carbocycles. The van der Waals surface area contributed by atoms with Gasteiger partial charge in [0.25, 0.3) is 0 Å². The number of aromatic carboxylic acids is 1. The third kappa shape index (κ3) is 2.56. The molecule has 0 unspecified atom stereocenters. The highest BCUT2D eigenvalue weighted by atomic mass is 16.4. The van der Waals surface area contributed by atoms with Gasteiger partial charge in [0.2, 0.25) is 0 Å². The molecule has 82 valence electrons. The Morgan fingerprint density at radius 1 is 1.40 bits per heavy atom. The maximum atomic E-state index is 10.6. The van der Waals surface area contributed by atoms with Crippen LogP contribution in [0.5, 0.6) is 0 Å². The largest absolute Gasteiger partial charge is 0.476 e. The van der Waals surface area contributed by atoms with Crippen LogP contribution in [0.15, 0.2) is 12.3 Å². The SMILES string of the molecule is O=C(O)c1ccn(CCN2CCCC2)n1. The van der Waals surface area contributed by atoms with Crippen molar-refractivity contribution in [3.63, 3.8) is 0 Å². The Labute approximate surface area is 88.3 Å². The minimum atomic E-state index is -0.963. The quantitative estimate of drug-likeness (QED) is 0.792. The molecule has 0 radical (unpaired) electrons. The van der Waals surface area contributed by atoms with Crippen molar-refractivity contribution in [3.8, 4) is 0 Å². The van der Waals surface area contributed by atoms with Crippen LogP contribution in [0.25, 0.3) is 0 Å². The Balaban J connectivity index is 1.84. The van der Waals surface area contributed by atoms with E-state index in [2.05, 4.69) is 10.00 Å². The van der Waals surface area contributed by atoms with Gasteiger partial charge in [-0.15, -0.1) is 0 Å². The molecule has 1 aromatic heterocycles. The summed E-state index contributed by atoms with van der Waals surface area (Å²) in [4.78, 5) is 13.0. The van der Waals surface area contributed by atoms with Crippen LogP contribution in [0, 0.1) is 0 Å². The van der Waals surface area contributed by atoms with Gasteiger partial charge in [0, 0.05) is 12.7 Å². The highest BCUT2D eigenvalue weighted by Gasteiger charge is 2.11. The first-order valence-corrected chi connectivity index (χ1v) is 5.25. The van der Waals surface area contributed by atoms with Crippen LogP contribution in [-0.4, -0.2) is 45.4 Å². The predicted molar refractivity (Wildman–Crippen MR) is 54.9 cm³/mol. The molecule has 5 nitrogen and oxygen atoms in total. The average molecular weight is 209 g/mol. The van der Waals surface area contributed by atoms with Crippen molar-refractivity contribution in [2.75, 3.05) is 19.6 Å². The highest BCUT2D eigenvalue weighted by molar-refractivity contribution is 5.84. The minimum Gasteiger partial charge on any atom is -0.476 e. The van der Waals surface area contributed by atoms with Gasteiger partial charge in [0.05, 0.1) is 6.54 Å². The summed E-state index contributed by atoms with van der Waals surface area (Å²) < 4.78 is 1.70. The van der Waals surface area contributed by atoms with Crippen LogP contribution in [0.3, 0.4) is 0 Å². The number of carboxylic acids is 1. The molecule has 2 rings (SSSR count). The molecule has 15 heavy (non-hydrogen) atoms. The summed E-state index contributed by atoms with van der Waals surface area (Å²) in [6.45, 7) is 4.05. The molecule has 2 heterocycles. The van der Waals surface area contributed by atoms with Crippen LogP contribution < -0.4 is 0 Å². The standard InChI is InChI=1S/C10H15N3O2/c14-10(15)9-3-6-13(11-9)8-7-12-4-1-2-5-12/h3,6H,1-2,4-5,7-8H2,(H,14,15). The Hall–Kier alpha value is -1.36. The van der Waals surface area contributed by atoms with Gasteiger partial charge in [-0.2, -0.15) is 5.10 Å². The predicted octanol–water partition coefficient (Wildman–Crippen LogP) is 0.677. The van der Waals surface area contributed by atoms with Crippen LogP contribution in [0.4, 0.5) is 0 Å². The molecule has 5 heteroatoms. The molecule has 0 aliphatic carbocycles. The number of carbonyl (C=O) groups is 1. The van der Waals surface area contributed by atoms with Crippen molar-refractivity contribution in [1.82, 2.24) is 14.7 Å². The third-order valence-electron chi connectivity index (χ3n) is 2.70. The number of likely N-dealkylation sites (tertiary alicyclic amines) is 1. The summed E-state index contributed by atoms with van der Waals surface area (Å²) in [5.74, 6) is -0.963. The number of hydrogen-bond acceptors (Lipinski definition) is 3. The monoisotopic (exact) mass is 209 g/mol. The first-order chi connectivity index (χ1) is 7.25. The molecular formula is C10H15N3O2. The van der Waals surface area contributed by atoms with Crippen molar-refractivity contribution in [3.05, 3.63) is 18.0 Å². The lowest BCUT2D eigenvalue weighted by Gasteiger charge is -2.13. The molecule has 0 atom stereocenters. The van der Waals surface area contributed by atoms with Crippen molar-refractivity contribution in [1.29, 1.82) is 0 Å². The topological polar surface area (TPSA) is 58.4 Å². The van der Waals surface area contributed by atoms with E-state index in [4.69, 9.17) is 5.11 Å². The van der Waals surface area contributed by atoms with Crippen molar-refractivity contribution < 1.29 is 9.90 Å². The maximum absolute atomic E-state index is 10.6. The molecule has 1 aromatic rings. The first kappa shape index (κ1) is 10.2. The Morgan fingerprint density at radius 2 is 2.13 bits per heavy atom. The van der Waals surface area contributed by atoms with Crippen LogP contribution >= 0.6 is 0 Å². The van der Waals surface area contributed by atoms with E-state index >= 15 is 0 Å². The van der Waals surface area contributed by atoms with Crippen molar-refractivity contribution >= 4 is 5.97 Å². The fraction of sp³-hybridized carbons (Fsp3) is 0.600. The molecule has 1 aliphatic rings. The van der Waals surface area contributed by atoms with E-state index in [1.807, 2.05) is 0 Å². The van der Waals surface area contributed by atoms with Crippen molar-refractivity contribution in [2.24, 2.45) is 0 Å². The van der Waals surface area contributed by atoms with Gasteiger partial charge in [0.15, 0.2) is 5.69 Å². The van der Waals surface area contributed by atoms with E-state index in [9.17, 15) is 4.79 Å². The second-order valence-corrected chi connectivity index (χ2v) is 3.82. The third-order valence-corrected chi connectivity index (χ3v) is 2.70. The summed E-state index contributed by atoms with van der Waals surface area (Å²) in [7, 11) is 0. The molecule has 0 bridgehead atoms. The summed E-state index contributed by atoms with van der Waals surface area (Å²) in [5, 5.41) is 12.7. The van der Waals surface area contributed by atoms with Crippen LogP contribution in [0.2, 0.25) is 0 Å². The zero-order valence-electron chi connectivity index (χ0n) is 8.59. The lowest BCUT2D eigenvalue weighted by atomic mass is 10.4. The number of nitrogens with zero attached hydrogens (tertiary/aromatic N) is 3. The number of carboxylic acid groups (broad SMARTS) is 1. The summed E-state index contributed by atoms with van der Waals surface area (Å²) >= 11 is 0. The van der Waals surface area contributed by atoms with Gasteiger partial charge in [-0.25, -0.2) is 4.79 Å². The number of rotatable bonds is 4. The second-order valence-electron chi connectivity index (χ2n) is 3.82. The van der Waals surface area contributed by atoms with Gasteiger partial charge in [-0.3, -0.25) is 4.68 Å². The van der Waals surface area contributed by atoms with Gasteiger partial charge >= 0.3 is 5.97 Å². The van der Waals surface area contributed by atoms with Crippen molar-refractivity contribution in [2.45, 2.75) is 19.4 Å². The summed E-state index contributed by atoms with van der Waals surface area (Å²) in [6.07, 6.45) is 4.28. The zero-order chi connectivity index (χ0) is 10.7. The lowest BCUT2D eigenvalue weighted by molar-refractivity contribution is 0.0689. The van der Waals surface area contributed by atoms with E-state index in [0.29, 0.717) is 0 Å². The molecule has 1 N–H and O–H groups in total. The fourth-order valence-corrected chi connectivity index (χ4v) is 1.85. The molecule has 0 spiro atoms. The number of aromatic nitrogens is 2. The van der Waals surface area contributed by atoms with Crippen LogP contribution in [-0.2, 0) is 6.54 Å². The molecule has 1 aliphatic heterocycles. The van der Waals surface area contributed by atoms with E-state index < -0.39 is 5.97 Å². The molecule has 0 saturated carbocycles. The van der Waals surface area contributed by atoms with E-state index in [0.717, 1.165) is 26.2 Å². The van der Waals surface area contributed by atoms with E-state index in [-0.39, 0.29) is 5.69 Å². The Morgan fingerprint density at radius 3 is 2.73 bits per heavy atom. The summed E-state index contributed by atoms with van der Waals surface area (Å²) in [6, 6.07) is 1.53. The molecular weight excluding hydrogens is 194 g/mol. The fourth-order valence-electron chi connectivity index (χ4n) is 1.85. The van der Waals surface area contributed by atoms with Gasteiger partial charge in [0.1, 0.15) is 0 Å². The molecule has 1 fully saturated rings. The molecule has 0 amide bonds. The lowest BCUT2D eigenvalue weighted by Crippen LogP contribution is -2.24. The smallest absolute Gasteiger partial charge is 0.356 e. The molecule has 1 saturated heterocycles. The van der Waals surface area contributed by atoms with Crippen LogP contribution in [0.1, 0.15) is 23.3 Å². The van der Waals surface area contributed by atoms with E-state index in [1.54, 1.807) is 10.9 Å². The Kier molecular flexibility index (Phi) is 3.01. The zero-order valence-corrected chi connectivity index (χ0v) is 8.59. The summed E-state index contributed by atoms with van der Waals surface area (Å²) in [5.41, 5.74) is 0.122. The second kappa shape index (κ2) is 4.44. The van der Waals surface area contributed by atoms with Gasteiger partial charge in [-0.1, -0.05) is 0 Å². The maximum Gasteiger partial charge on any atom is 0.356 e. The number of hydrogen-bond donors (Lipinski definition) is 1. The highest BCUT2D eigenvalue weighted by Crippen LogP contribution is 2.06. The van der Waals surface area contributed by atoms with E-state index in [1.165, 1.54) is 18.9 Å². The minimum absolute atomic E-state index is 0.122.